The number of fused-ring (bicyclic) bond motifs is 3. The standard InChI is InChI=1S/C70H46N2S/c1-8-22-47(23-9-1)55-40-62(51-30-16-5-17-31-51)70-63(41-55)69-61(50-28-14-4-15-29-50)39-56(46-68(69)73-70)54-36-59(66-44-57(48-24-10-2-11-25-48)42-64(71-66)52-32-18-6-19-33-52)38-60(37-54)67-45-58(49-26-12-3-13-27-49)43-65(72-67)53-34-20-7-21-35-53/h1-46H. The summed E-state index contributed by atoms with van der Waals surface area (Å²) in [6.07, 6.45) is 0. The van der Waals surface area contributed by atoms with Gasteiger partial charge in [0.25, 0.3) is 0 Å². The van der Waals surface area contributed by atoms with E-state index >= 15 is 0 Å². The number of benzene rings is 10. The number of nitrogens with zero attached hydrogens (tertiary/aromatic N) is 2. The van der Waals surface area contributed by atoms with Crippen molar-refractivity contribution in [1.29, 1.82) is 0 Å². The van der Waals surface area contributed by atoms with Gasteiger partial charge in [0.2, 0.25) is 0 Å². The molecule has 10 aromatic carbocycles. The van der Waals surface area contributed by atoms with Crippen molar-refractivity contribution in [3.63, 3.8) is 0 Å². The molecule has 0 saturated carbocycles. The first-order valence-corrected chi connectivity index (χ1v) is 25.6. The quantitative estimate of drug-likeness (QED) is 0.137. The predicted molar refractivity (Wildman–Crippen MR) is 309 cm³/mol. The molecule has 0 atom stereocenters. The van der Waals surface area contributed by atoms with Crippen molar-refractivity contribution in [2.75, 3.05) is 0 Å². The summed E-state index contributed by atoms with van der Waals surface area (Å²) < 4.78 is 2.50. The summed E-state index contributed by atoms with van der Waals surface area (Å²) in [6.45, 7) is 0. The summed E-state index contributed by atoms with van der Waals surface area (Å²) in [5.41, 5.74) is 21.7. The van der Waals surface area contributed by atoms with Crippen molar-refractivity contribution in [1.82, 2.24) is 9.97 Å². The molecule has 13 rings (SSSR count). The van der Waals surface area contributed by atoms with Gasteiger partial charge in [-0.3, -0.25) is 0 Å². The van der Waals surface area contributed by atoms with Crippen molar-refractivity contribution < 1.29 is 0 Å². The van der Waals surface area contributed by atoms with Crippen molar-refractivity contribution in [3.05, 3.63) is 279 Å². The van der Waals surface area contributed by atoms with Gasteiger partial charge in [-0.05, 0) is 128 Å². The third-order valence-electron chi connectivity index (χ3n) is 13.8. The minimum Gasteiger partial charge on any atom is -0.248 e. The van der Waals surface area contributed by atoms with Gasteiger partial charge >= 0.3 is 0 Å². The van der Waals surface area contributed by atoms with E-state index in [-0.39, 0.29) is 0 Å². The van der Waals surface area contributed by atoms with E-state index in [9.17, 15) is 0 Å². The van der Waals surface area contributed by atoms with E-state index in [2.05, 4.69) is 279 Å². The number of aromatic nitrogens is 2. The molecule has 0 aliphatic carbocycles. The van der Waals surface area contributed by atoms with E-state index in [0.29, 0.717) is 0 Å². The molecule has 3 heterocycles. The van der Waals surface area contributed by atoms with Gasteiger partial charge in [0.05, 0.1) is 22.8 Å². The summed E-state index contributed by atoms with van der Waals surface area (Å²) in [4.78, 5) is 11.0. The molecule has 3 aromatic heterocycles. The van der Waals surface area contributed by atoms with Gasteiger partial charge in [-0.25, -0.2) is 9.97 Å². The minimum absolute atomic E-state index is 0.887. The van der Waals surface area contributed by atoms with Crippen LogP contribution in [-0.2, 0) is 0 Å². The minimum atomic E-state index is 0.887. The van der Waals surface area contributed by atoms with Gasteiger partial charge < -0.3 is 0 Å². The Morgan fingerprint density at radius 1 is 0.219 bits per heavy atom. The van der Waals surface area contributed by atoms with Crippen molar-refractivity contribution in [3.8, 4) is 112 Å². The molecule has 0 spiro atoms. The number of pyridine rings is 2. The fourth-order valence-corrected chi connectivity index (χ4v) is 11.5. The Hall–Kier alpha value is -9.28. The second-order valence-corrected chi connectivity index (χ2v) is 19.6. The fraction of sp³-hybridized carbons (Fsp3) is 0. The smallest absolute Gasteiger partial charge is 0.0716 e. The summed E-state index contributed by atoms with van der Waals surface area (Å²) in [5.74, 6) is 0. The Morgan fingerprint density at radius 3 is 0.945 bits per heavy atom. The second kappa shape index (κ2) is 19.1. The van der Waals surface area contributed by atoms with E-state index in [1.165, 1.54) is 53.6 Å². The molecule has 0 radical (unpaired) electrons. The summed E-state index contributed by atoms with van der Waals surface area (Å²) in [7, 11) is 0. The first-order valence-electron chi connectivity index (χ1n) is 24.8. The lowest BCUT2D eigenvalue weighted by Crippen LogP contribution is -1.95. The van der Waals surface area contributed by atoms with Crippen LogP contribution in [0.25, 0.3) is 132 Å². The van der Waals surface area contributed by atoms with Crippen LogP contribution in [0.2, 0.25) is 0 Å². The average molecular weight is 947 g/mol. The number of thiophene rings is 1. The van der Waals surface area contributed by atoms with E-state index in [1.54, 1.807) is 0 Å². The molecule has 0 fully saturated rings. The maximum atomic E-state index is 5.50. The summed E-state index contributed by atoms with van der Waals surface area (Å²) in [5, 5.41) is 2.52. The summed E-state index contributed by atoms with van der Waals surface area (Å²) >= 11 is 1.88. The molecule has 0 bridgehead atoms. The zero-order valence-electron chi connectivity index (χ0n) is 39.9. The van der Waals surface area contributed by atoms with Crippen LogP contribution in [0.15, 0.2) is 279 Å². The topological polar surface area (TPSA) is 25.8 Å². The van der Waals surface area contributed by atoms with Crippen LogP contribution in [0.4, 0.5) is 0 Å². The van der Waals surface area contributed by atoms with E-state index in [0.717, 1.165) is 78.4 Å². The summed E-state index contributed by atoms with van der Waals surface area (Å²) in [6, 6.07) is 100. The van der Waals surface area contributed by atoms with E-state index in [1.807, 2.05) is 11.3 Å². The number of hydrogen-bond donors (Lipinski definition) is 0. The van der Waals surface area contributed by atoms with Crippen LogP contribution >= 0.6 is 11.3 Å². The van der Waals surface area contributed by atoms with E-state index < -0.39 is 0 Å². The molecule has 13 aromatic rings. The Balaban J connectivity index is 1.09. The van der Waals surface area contributed by atoms with Crippen LogP contribution in [0.1, 0.15) is 0 Å². The third-order valence-corrected chi connectivity index (χ3v) is 15.0. The lowest BCUT2D eigenvalue weighted by molar-refractivity contribution is 1.31. The largest absolute Gasteiger partial charge is 0.248 e. The highest BCUT2D eigenvalue weighted by Crippen LogP contribution is 2.48. The van der Waals surface area contributed by atoms with Crippen LogP contribution in [0, 0.1) is 0 Å². The Labute approximate surface area is 429 Å². The van der Waals surface area contributed by atoms with Crippen molar-refractivity contribution in [2.45, 2.75) is 0 Å². The van der Waals surface area contributed by atoms with Crippen LogP contribution in [-0.4, -0.2) is 9.97 Å². The maximum Gasteiger partial charge on any atom is 0.0716 e. The molecule has 0 aliphatic heterocycles. The molecule has 0 amide bonds. The monoisotopic (exact) mass is 946 g/mol. The van der Waals surface area contributed by atoms with Crippen molar-refractivity contribution >= 4 is 31.5 Å². The lowest BCUT2D eigenvalue weighted by Gasteiger charge is -2.16. The van der Waals surface area contributed by atoms with Gasteiger partial charge in [-0.1, -0.05) is 212 Å². The molecule has 342 valence electrons. The normalized spacial score (nSPS) is 11.3. The Kier molecular flexibility index (Phi) is 11.5. The van der Waals surface area contributed by atoms with Gasteiger partial charge in [-0.2, -0.15) is 0 Å². The predicted octanol–water partition coefficient (Wildman–Crippen LogP) is 19.5. The Bertz CT molecular complexity index is 3820. The van der Waals surface area contributed by atoms with Gasteiger partial charge in [0.15, 0.2) is 0 Å². The van der Waals surface area contributed by atoms with Gasteiger partial charge in [0, 0.05) is 48.0 Å². The third kappa shape index (κ3) is 8.73. The number of rotatable bonds is 10. The highest BCUT2D eigenvalue weighted by Gasteiger charge is 2.21. The molecule has 0 unspecified atom stereocenters. The first kappa shape index (κ1) is 43.7. The molecule has 0 N–H and O–H groups in total. The van der Waals surface area contributed by atoms with Crippen molar-refractivity contribution in [2.24, 2.45) is 0 Å². The zero-order chi connectivity index (χ0) is 48.5. The molecule has 73 heavy (non-hydrogen) atoms. The fourth-order valence-electron chi connectivity index (χ4n) is 10.2. The average Bonchev–Trinajstić information content (AvgIpc) is 3.86. The van der Waals surface area contributed by atoms with Gasteiger partial charge in [0.1, 0.15) is 0 Å². The zero-order valence-corrected chi connectivity index (χ0v) is 40.7. The molecule has 3 heteroatoms. The van der Waals surface area contributed by atoms with Gasteiger partial charge in [-0.15, -0.1) is 11.3 Å². The molecule has 0 aliphatic rings. The van der Waals surface area contributed by atoms with Crippen LogP contribution in [0.5, 0.6) is 0 Å². The van der Waals surface area contributed by atoms with E-state index in [4.69, 9.17) is 9.97 Å². The molecular formula is C70H46N2S. The van der Waals surface area contributed by atoms with Crippen LogP contribution in [0.3, 0.4) is 0 Å². The number of hydrogen-bond acceptors (Lipinski definition) is 3. The maximum absolute atomic E-state index is 5.50. The highest BCUT2D eigenvalue weighted by molar-refractivity contribution is 7.26. The molecule has 2 nitrogen and oxygen atoms in total. The SMILES string of the molecule is c1ccc(-c2cc(-c3ccccc3)nc(-c3cc(-c4cc(-c5ccccc5)c5c(c4)sc4c(-c6ccccc6)cc(-c6ccccc6)cc45)cc(-c4cc(-c5ccccc5)cc(-c5ccccc5)n4)c3)c2)cc1. The first-order chi connectivity index (χ1) is 36.1. The lowest BCUT2D eigenvalue weighted by atomic mass is 9.90. The highest BCUT2D eigenvalue weighted by atomic mass is 32.1. The van der Waals surface area contributed by atoms with Crippen LogP contribution < -0.4 is 0 Å². The second-order valence-electron chi connectivity index (χ2n) is 18.5. The molecular weight excluding hydrogens is 901 g/mol. The molecule has 0 saturated heterocycles. The Morgan fingerprint density at radius 2 is 0.521 bits per heavy atom.